The van der Waals surface area contributed by atoms with Crippen LogP contribution in [0.25, 0.3) is 0 Å². The summed E-state index contributed by atoms with van der Waals surface area (Å²) in [7, 11) is 0. The first-order valence-corrected chi connectivity index (χ1v) is 9.57. The molecular formula is C16H30IN3. The molecule has 0 aromatic heterocycles. The van der Waals surface area contributed by atoms with E-state index in [1.807, 2.05) is 0 Å². The average molecular weight is 391 g/mol. The fraction of sp³-hybridized carbons (Fsp3) is 1.00. The fourth-order valence-corrected chi connectivity index (χ4v) is 4.76. The Morgan fingerprint density at radius 2 is 1.45 bits per heavy atom. The lowest BCUT2D eigenvalue weighted by molar-refractivity contribution is 0.0408. The van der Waals surface area contributed by atoms with Crippen LogP contribution in [0.1, 0.15) is 45.4 Å². The van der Waals surface area contributed by atoms with E-state index in [0.29, 0.717) is 0 Å². The summed E-state index contributed by atoms with van der Waals surface area (Å²) in [6, 6.07) is 1.72. The maximum Gasteiger partial charge on any atom is 0.0223 e. The molecule has 3 aliphatic rings. The van der Waals surface area contributed by atoms with Gasteiger partial charge in [-0.2, -0.15) is 0 Å². The van der Waals surface area contributed by atoms with Crippen LogP contribution in [-0.4, -0.2) is 64.3 Å². The van der Waals surface area contributed by atoms with Crippen LogP contribution in [0.15, 0.2) is 0 Å². The molecule has 3 saturated heterocycles. The van der Waals surface area contributed by atoms with E-state index < -0.39 is 0 Å². The Labute approximate surface area is 138 Å². The Kier molecular flexibility index (Phi) is 5.62. The zero-order chi connectivity index (χ0) is 13.9. The second-order valence-electron chi connectivity index (χ2n) is 7.15. The molecule has 1 atom stereocenters. The molecule has 0 spiro atoms. The Hall–Kier alpha value is 0.610. The lowest BCUT2D eigenvalue weighted by Gasteiger charge is -2.45. The molecule has 0 N–H and O–H groups in total. The molecule has 3 heterocycles. The van der Waals surface area contributed by atoms with Gasteiger partial charge < -0.3 is 0 Å². The van der Waals surface area contributed by atoms with Crippen molar-refractivity contribution in [3.8, 4) is 0 Å². The molecule has 4 heteroatoms. The van der Waals surface area contributed by atoms with E-state index in [1.54, 1.807) is 0 Å². The van der Waals surface area contributed by atoms with Gasteiger partial charge in [0.1, 0.15) is 0 Å². The minimum absolute atomic E-state index is 0.855. The minimum atomic E-state index is 0.855. The third-order valence-electron chi connectivity index (χ3n) is 5.69. The van der Waals surface area contributed by atoms with Gasteiger partial charge in [-0.15, -0.1) is 0 Å². The largest absolute Gasteiger partial charge is 0.299 e. The van der Waals surface area contributed by atoms with E-state index in [4.69, 9.17) is 0 Å². The molecular weight excluding hydrogens is 361 g/mol. The topological polar surface area (TPSA) is 9.72 Å². The molecule has 20 heavy (non-hydrogen) atoms. The van der Waals surface area contributed by atoms with Crippen molar-refractivity contribution in [1.82, 2.24) is 12.9 Å². The van der Waals surface area contributed by atoms with Crippen molar-refractivity contribution < 1.29 is 0 Å². The van der Waals surface area contributed by atoms with Gasteiger partial charge in [-0.3, -0.25) is 9.80 Å². The van der Waals surface area contributed by atoms with E-state index >= 15 is 0 Å². The standard InChI is InChI=1S/C16H30IN3/c1-14-4-9-18(10-5-14)16-3-2-8-19(13-16)15-6-11-20(17)12-7-15/h14-16H,2-13H2,1H3. The number of hydrogen-bond acceptors (Lipinski definition) is 3. The Balaban J connectivity index is 1.51. The summed E-state index contributed by atoms with van der Waals surface area (Å²) >= 11 is 2.49. The number of halogens is 1. The van der Waals surface area contributed by atoms with Crippen LogP contribution in [-0.2, 0) is 0 Å². The SMILES string of the molecule is CC1CCN(C2CCCN(C3CCN(I)CC3)C2)CC1. The van der Waals surface area contributed by atoms with Crippen LogP contribution in [0.2, 0.25) is 0 Å². The van der Waals surface area contributed by atoms with Gasteiger partial charge in [-0.05, 0) is 64.1 Å². The van der Waals surface area contributed by atoms with Gasteiger partial charge in [0, 0.05) is 54.6 Å². The number of likely N-dealkylation sites (tertiary alicyclic amines) is 2. The van der Waals surface area contributed by atoms with Crippen LogP contribution >= 0.6 is 22.9 Å². The van der Waals surface area contributed by atoms with E-state index in [1.165, 1.54) is 77.8 Å². The van der Waals surface area contributed by atoms with Crippen molar-refractivity contribution >= 4 is 22.9 Å². The predicted octanol–water partition coefficient (Wildman–Crippen LogP) is 3.00. The quantitative estimate of drug-likeness (QED) is 0.529. The highest BCUT2D eigenvalue weighted by atomic mass is 127. The van der Waals surface area contributed by atoms with Gasteiger partial charge in [0.15, 0.2) is 0 Å². The molecule has 0 aromatic carbocycles. The van der Waals surface area contributed by atoms with Crippen LogP contribution in [0.5, 0.6) is 0 Å². The summed E-state index contributed by atoms with van der Waals surface area (Å²) in [6.07, 6.45) is 8.46. The Morgan fingerprint density at radius 3 is 2.15 bits per heavy atom. The van der Waals surface area contributed by atoms with Crippen molar-refractivity contribution in [3.05, 3.63) is 0 Å². The molecule has 3 aliphatic heterocycles. The van der Waals surface area contributed by atoms with E-state index in [2.05, 4.69) is 42.7 Å². The van der Waals surface area contributed by atoms with Crippen molar-refractivity contribution in [3.63, 3.8) is 0 Å². The minimum Gasteiger partial charge on any atom is -0.299 e. The summed E-state index contributed by atoms with van der Waals surface area (Å²) in [5, 5.41) is 0. The third kappa shape index (κ3) is 3.87. The normalized spacial score (nSPS) is 33.6. The summed E-state index contributed by atoms with van der Waals surface area (Å²) in [5.41, 5.74) is 0. The first-order chi connectivity index (χ1) is 9.72. The number of hydrogen-bond donors (Lipinski definition) is 0. The number of piperidine rings is 3. The van der Waals surface area contributed by atoms with Crippen LogP contribution in [0, 0.1) is 5.92 Å². The van der Waals surface area contributed by atoms with E-state index in [0.717, 1.165) is 18.0 Å². The van der Waals surface area contributed by atoms with Gasteiger partial charge in [-0.25, -0.2) is 3.11 Å². The first-order valence-electron chi connectivity index (χ1n) is 8.61. The Morgan fingerprint density at radius 1 is 0.750 bits per heavy atom. The molecule has 0 bridgehead atoms. The van der Waals surface area contributed by atoms with Crippen LogP contribution < -0.4 is 0 Å². The van der Waals surface area contributed by atoms with Gasteiger partial charge in [0.2, 0.25) is 0 Å². The highest BCUT2D eigenvalue weighted by molar-refractivity contribution is 14.1. The summed E-state index contributed by atoms with van der Waals surface area (Å²) in [4.78, 5) is 5.63. The van der Waals surface area contributed by atoms with Crippen molar-refractivity contribution in [2.75, 3.05) is 39.3 Å². The van der Waals surface area contributed by atoms with E-state index in [-0.39, 0.29) is 0 Å². The fourth-order valence-electron chi connectivity index (χ4n) is 4.21. The molecule has 0 aromatic rings. The van der Waals surface area contributed by atoms with Crippen molar-refractivity contribution in [2.24, 2.45) is 5.92 Å². The van der Waals surface area contributed by atoms with Crippen LogP contribution in [0.3, 0.4) is 0 Å². The van der Waals surface area contributed by atoms with Gasteiger partial charge in [0.25, 0.3) is 0 Å². The Bertz CT molecular complexity index is 268. The van der Waals surface area contributed by atoms with Gasteiger partial charge >= 0.3 is 0 Å². The highest BCUT2D eigenvalue weighted by Gasteiger charge is 2.31. The summed E-state index contributed by atoms with van der Waals surface area (Å²) in [6.45, 7) is 10.4. The molecule has 3 nitrogen and oxygen atoms in total. The van der Waals surface area contributed by atoms with E-state index in [9.17, 15) is 0 Å². The van der Waals surface area contributed by atoms with Crippen molar-refractivity contribution in [1.29, 1.82) is 0 Å². The smallest absolute Gasteiger partial charge is 0.0223 e. The zero-order valence-electron chi connectivity index (χ0n) is 12.9. The first kappa shape index (κ1) is 15.5. The lowest BCUT2D eigenvalue weighted by Crippen LogP contribution is -2.54. The lowest BCUT2D eigenvalue weighted by atomic mass is 9.94. The molecule has 0 aliphatic carbocycles. The van der Waals surface area contributed by atoms with Gasteiger partial charge in [0.05, 0.1) is 0 Å². The monoisotopic (exact) mass is 391 g/mol. The summed E-state index contributed by atoms with van der Waals surface area (Å²) < 4.78 is 2.46. The molecule has 116 valence electrons. The molecule has 0 amide bonds. The maximum absolute atomic E-state index is 2.83. The molecule has 1 unspecified atom stereocenters. The summed E-state index contributed by atoms with van der Waals surface area (Å²) in [5.74, 6) is 0.957. The predicted molar refractivity (Wildman–Crippen MR) is 93.2 cm³/mol. The zero-order valence-corrected chi connectivity index (χ0v) is 15.1. The third-order valence-corrected chi connectivity index (χ3v) is 6.65. The van der Waals surface area contributed by atoms with Crippen LogP contribution in [0.4, 0.5) is 0 Å². The average Bonchev–Trinajstić information content (AvgIpc) is 2.49. The molecule has 0 saturated carbocycles. The number of rotatable bonds is 2. The molecule has 0 radical (unpaired) electrons. The second kappa shape index (κ2) is 7.25. The molecule has 3 rings (SSSR count). The number of nitrogens with zero attached hydrogens (tertiary/aromatic N) is 3. The highest BCUT2D eigenvalue weighted by Crippen LogP contribution is 2.26. The van der Waals surface area contributed by atoms with Gasteiger partial charge in [-0.1, -0.05) is 6.92 Å². The van der Waals surface area contributed by atoms with Crippen molar-refractivity contribution in [2.45, 2.75) is 57.5 Å². The molecule has 3 fully saturated rings. The second-order valence-corrected chi connectivity index (χ2v) is 8.52. The maximum atomic E-state index is 2.83.